The van der Waals surface area contributed by atoms with Gasteiger partial charge in [0, 0.05) is 54.7 Å². The topological polar surface area (TPSA) is 45.5 Å². The normalized spacial score (nSPS) is 12.9. The van der Waals surface area contributed by atoms with Gasteiger partial charge in [0.25, 0.3) is 0 Å². The van der Waals surface area contributed by atoms with Crippen LogP contribution in [0.5, 0.6) is 0 Å². The highest BCUT2D eigenvalue weighted by atomic mass is 15.2. The van der Waals surface area contributed by atoms with Gasteiger partial charge in [-0.1, -0.05) is 152 Å². The second kappa shape index (κ2) is 13.4. The number of para-hydroxylation sites is 8. The molecule has 0 amide bonds. The van der Waals surface area contributed by atoms with Crippen molar-refractivity contribution in [2.75, 3.05) is 0 Å². The van der Waals surface area contributed by atoms with Gasteiger partial charge in [-0.3, -0.25) is 9.13 Å². The maximum atomic E-state index is 9.46. The molecule has 5 aromatic heterocycles. The standard InChI is InChI=1S/C58H36N6/c1-9-26-46-37(18-1)38-19-2-10-27-47(38)61(46)54-34-17-35-55(62-48-28-11-3-20-39(48)40-21-4-12-29-49(40)62)57(54)45-36-56(63-50-30-13-5-22-41(50)42-23-6-14-31-51(42)63)60-58(59-45)64-52-32-15-7-24-43(52)44-25-8-16-33-53(44)64/h1-36H/i7D,15D,24D,32D. The summed E-state index contributed by atoms with van der Waals surface area (Å²) in [5.41, 5.74) is 10.4. The molecule has 9 aromatic carbocycles. The molecule has 0 saturated heterocycles. The number of fused-ring (bicyclic) bond motifs is 12. The van der Waals surface area contributed by atoms with E-state index in [4.69, 9.17) is 12.7 Å². The minimum absolute atomic E-state index is 0.111. The van der Waals surface area contributed by atoms with Gasteiger partial charge in [-0.15, -0.1) is 0 Å². The molecule has 6 nitrogen and oxygen atoms in total. The zero-order chi connectivity index (χ0) is 45.4. The van der Waals surface area contributed by atoms with E-state index in [0.29, 0.717) is 33.3 Å². The highest BCUT2D eigenvalue weighted by molar-refractivity contribution is 6.13. The molecule has 64 heavy (non-hydrogen) atoms. The van der Waals surface area contributed by atoms with Crippen molar-refractivity contribution >= 4 is 87.2 Å². The van der Waals surface area contributed by atoms with Crippen molar-refractivity contribution in [3.63, 3.8) is 0 Å². The summed E-state index contributed by atoms with van der Waals surface area (Å²) in [4.78, 5) is 11.2. The third kappa shape index (κ3) is 4.85. The van der Waals surface area contributed by atoms with E-state index in [1.165, 1.54) is 0 Å². The molecule has 6 heteroatoms. The van der Waals surface area contributed by atoms with Crippen LogP contribution < -0.4 is 0 Å². The van der Waals surface area contributed by atoms with E-state index in [-0.39, 0.29) is 30.1 Å². The number of aromatic nitrogens is 6. The maximum absolute atomic E-state index is 9.46. The Labute approximate surface area is 372 Å². The average molecular weight is 821 g/mol. The van der Waals surface area contributed by atoms with Gasteiger partial charge in [0.15, 0.2) is 0 Å². The van der Waals surface area contributed by atoms with Gasteiger partial charge in [0.05, 0.1) is 66.7 Å². The SMILES string of the molecule is [2H]c1c([2H])c([2H])c2c(c1[2H])c1ccccc1n2-c1nc(-c2c(-n3c4ccccc4c4ccccc43)cccc2-n2c3ccccc3c3ccccc32)cc(-n2c3ccccc3c3ccccc32)n1. The van der Waals surface area contributed by atoms with E-state index >= 15 is 0 Å². The molecule has 0 saturated carbocycles. The highest BCUT2D eigenvalue weighted by Crippen LogP contribution is 2.43. The number of hydrogen-bond donors (Lipinski definition) is 0. The number of benzene rings is 9. The number of hydrogen-bond acceptors (Lipinski definition) is 2. The van der Waals surface area contributed by atoms with Crippen LogP contribution >= 0.6 is 0 Å². The molecule has 298 valence electrons. The van der Waals surface area contributed by atoms with Gasteiger partial charge < -0.3 is 9.13 Å². The Morgan fingerprint density at radius 2 is 0.672 bits per heavy atom. The quantitative estimate of drug-likeness (QED) is 0.174. The first-order valence-corrected chi connectivity index (χ1v) is 21.4. The first-order chi connectivity index (χ1) is 33.5. The van der Waals surface area contributed by atoms with Crippen LogP contribution in [0.2, 0.25) is 0 Å². The molecule has 0 N–H and O–H groups in total. The van der Waals surface area contributed by atoms with Crippen molar-refractivity contribution in [3.05, 3.63) is 218 Å². The third-order valence-electron chi connectivity index (χ3n) is 12.9. The summed E-state index contributed by atoms with van der Waals surface area (Å²) in [5.74, 6) is 0.861. The minimum Gasteiger partial charge on any atom is -0.308 e. The molecule has 0 aliphatic heterocycles. The fraction of sp³-hybridized carbons (Fsp3) is 0. The van der Waals surface area contributed by atoms with Gasteiger partial charge in [0.1, 0.15) is 5.82 Å². The van der Waals surface area contributed by atoms with Crippen molar-refractivity contribution in [2.24, 2.45) is 0 Å². The van der Waals surface area contributed by atoms with Crippen LogP contribution in [-0.4, -0.2) is 28.2 Å². The van der Waals surface area contributed by atoms with Crippen LogP contribution in [0, 0.1) is 0 Å². The molecule has 0 fully saturated rings. The fourth-order valence-electron chi connectivity index (χ4n) is 10.3. The fourth-order valence-corrected chi connectivity index (χ4v) is 10.3. The molecule has 5 heterocycles. The summed E-state index contributed by atoms with van der Waals surface area (Å²) in [5, 5.41) is 7.76. The molecular weight excluding hydrogens is 781 g/mol. The lowest BCUT2D eigenvalue weighted by molar-refractivity contribution is 0.950. The van der Waals surface area contributed by atoms with Crippen molar-refractivity contribution in [1.29, 1.82) is 0 Å². The maximum Gasteiger partial charge on any atom is 0.237 e. The predicted molar refractivity (Wildman–Crippen MR) is 265 cm³/mol. The van der Waals surface area contributed by atoms with Crippen LogP contribution in [0.3, 0.4) is 0 Å². The number of rotatable bonds is 5. The molecule has 0 aliphatic carbocycles. The number of nitrogens with zero attached hydrogens (tertiary/aromatic N) is 6. The lowest BCUT2D eigenvalue weighted by Gasteiger charge is -2.21. The monoisotopic (exact) mass is 820 g/mol. The Balaban J connectivity index is 1.20. The summed E-state index contributed by atoms with van der Waals surface area (Å²) in [6.07, 6.45) is 0. The van der Waals surface area contributed by atoms with Crippen molar-refractivity contribution in [1.82, 2.24) is 28.2 Å². The smallest absolute Gasteiger partial charge is 0.237 e. The summed E-state index contributed by atoms with van der Waals surface area (Å²) in [6, 6.07) is 66.1. The van der Waals surface area contributed by atoms with E-state index < -0.39 is 0 Å². The summed E-state index contributed by atoms with van der Waals surface area (Å²) < 4.78 is 45.1. The van der Waals surface area contributed by atoms with E-state index in [9.17, 15) is 2.74 Å². The van der Waals surface area contributed by atoms with Crippen LogP contribution in [0.1, 0.15) is 5.48 Å². The average Bonchev–Trinajstić information content (AvgIpc) is 4.12. The van der Waals surface area contributed by atoms with Crippen molar-refractivity contribution < 1.29 is 5.48 Å². The second-order valence-electron chi connectivity index (χ2n) is 16.3. The molecule has 0 unspecified atom stereocenters. The molecule has 14 aromatic rings. The largest absolute Gasteiger partial charge is 0.308 e. The van der Waals surface area contributed by atoms with Crippen molar-refractivity contribution in [2.45, 2.75) is 0 Å². The van der Waals surface area contributed by atoms with E-state index in [1.807, 2.05) is 41.0 Å². The zero-order valence-corrected chi connectivity index (χ0v) is 34.2. The van der Waals surface area contributed by atoms with Gasteiger partial charge in [0.2, 0.25) is 5.95 Å². The predicted octanol–water partition coefficient (Wildman–Crippen LogP) is 14.5. The molecule has 0 radical (unpaired) electrons. The van der Waals surface area contributed by atoms with Crippen LogP contribution in [-0.2, 0) is 0 Å². The van der Waals surface area contributed by atoms with Crippen LogP contribution in [0.4, 0.5) is 0 Å². The van der Waals surface area contributed by atoms with Gasteiger partial charge in [-0.2, -0.15) is 4.98 Å². The van der Waals surface area contributed by atoms with Crippen molar-refractivity contribution in [3.8, 4) is 34.4 Å². The summed E-state index contributed by atoms with van der Waals surface area (Å²) in [7, 11) is 0. The third-order valence-corrected chi connectivity index (χ3v) is 12.9. The van der Waals surface area contributed by atoms with Crippen LogP contribution in [0.15, 0.2) is 218 Å². The van der Waals surface area contributed by atoms with E-state index in [1.54, 1.807) is 0 Å². The molecule has 0 aliphatic rings. The van der Waals surface area contributed by atoms with Gasteiger partial charge >= 0.3 is 0 Å². The lowest BCUT2D eigenvalue weighted by atomic mass is 10.0. The Morgan fingerprint density at radius 3 is 1.11 bits per heavy atom. The first-order valence-electron chi connectivity index (χ1n) is 23.4. The second-order valence-corrected chi connectivity index (χ2v) is 16.3. The first kappa shape index (κ1) is 31.2. The molecule has 0 atom stereocenters. The Morgan fingerprint density at radius 1 is 0.312 bits per heavy atom. The lowest BCUT2D eigenvalue weighted by Crippen LogP contribution is -2.10. The van der Waals surface area contributed by atoms with Gasteiger partial charge in [-0.05, 0) is 60.6 Å². The Hall–Kier alpha value is -8.74. The van der Waals surface area contributed by atoms with Gasteiger partial charge in [-0.25, -0.2) is 4.98 Å². The zero-order valence-electron chi connectivity index (χ0n) is 38.2. The summed E-state index contributed by atoms with van der Waals surface area (Å²) >= 11 is 0. The van der Waals surface area contributed by atoms with Crippen LogP contribution in [0.25, 0.3) is 122 Å². The highest BCUT2D eigenvalue weighted by Gasteiger charge is 2.25. The Bertz CT molecular complexity index is 4170. The Kier molecular flexibility index (Phi) is 6.51. The molecule has 14 rings (SSSR count). The minimum atomic E-state index is -0.323. The molecule has 0 spiro atoms. The van der Waals surface area contributed by atoms with E-state index in [0.717, 1.165) is 82.4 Å². The van der Waals surface area contributed by atoms with E-state index in [2.05, 4.69) is 171 Å². The molecular formula is C58H36N6. The molecule has 0 bridgehead atoms. The summed E-state index contributed by atoms with van der Waals surface area (Å²) in [6.45, 7) is 0.